The number of carbonyl (C=O) groups is 1. The van der Waals surface area contributed by atoms with E-state index in [1.54, 1.807) is 4.90 Å². The van der Waals surface area contributed by atoms with Gasteiger partial charge in [-0.2, -0.15) is 0 Å². The molecule has 0 saturated heterocycles. The first-order valence-corrected chi connectivity index (χ1v) is 8.13. The smallest absolute Gasteiger partial charge is 0.223 e. The highest BCUT2D eigenvalue weighted by Gasteiger charge is 2.08. The molecule has 0 aromatic heterocycles. The predicted molar refractivity (Wildman–Crippen MR) is 69.7 cm³/mol. The standard InChI is InChI=1S/C11H24N2O3S/c1-4-13(5-2)11(14)7-9-12-8-6-10-17(3,15)16/h12H,4-10H2,1-3H3. The van der Waals surface area contributed by atoms with Gasteiger partial charge in [0.15, 0.2) is 0 Å². The topological polar surface area (TPSA) is 66.5 Å². The van der Waals surface area contributed by atoms with Crippen LogP contribution in [0.15, 0.2) is 0 Å². The molecule has 0 bridgehead atoms. The fraction of sp³-hybridized carbons (Fsp3) is 0.909. The zero-order valence-electron chi connectivity index (χ0n) is 11.0. The Kier molecular flexibility index (Phi) is 8.16. The summed E-state index contributed by atoms with van der Waals surface area (Å²) in [4.78, 5) is 13.4. The number of hydrogen-bond donors (Lipinski definition) is 1. The average Bonchev–Trinajstić information content (AvgIpc) is 2.23. The monoisotopic (exact) mass is 264 g/mol. The molecular formula is C11H24N2O3S. The Morgan fingerprint density at radius 1 is 1.18 bits per heavy atom. The van der Waals surface area contributed by atoms with Gasteiger partial charge in [-0.1, -0.05) is 0 Å². The van der Waals surface area contributed by atoms with E-state index in [0.29, 0.717) is 25.9 Å². The lowest BCUT2D eigenvalue weighted by molar-refractivity contribution is -0.130. The van der Waals surface area contributed by atoms with E-state index in [1.807, 2.05) is 13.8 Å². The van der Waals surface area contributed by atoms with Gasteiger partial charge in [0.2, 0.25) is 5.91 Å². The van der Waals surface area contributed by atoms with Gasteiger partial charge in [0.05, 0.1) is 5.75 Å². The molecule has 6 heteroatoms. The molecule has 0 rings (SSSR count). The minimum atomic E-state index is -2.86. The van der Waals surface area contributed by atoms with E-state index < -0.39 is 9.84 Å². The van der Waals surface area contributed by atoms with Crippen LogP contribution in [-0.2, 0) is 14.6 Å². The molecule has 5 nitrogen and oxygen atoms in total. The van der Waals surface area contributed by atoms with E-state index in [-0.39, 0.29) is 11.7 Å². The average molecular weight is 264 g/mol. The van der Waals surface area contributed by atoms with Gasteiger partial charge in [0.1, 0.15) is 9.84 Å². The maximum Gasteiger partial charge on any atom is 0.223 e. The molecule has 0 atom stereocenters. The van der Waals surface area contributed by atoms with Gasteiger partial charge in [-0.05, 0) is 26.8 Å². The Labute approximate surface area is 104 Å². The number of sulfone groups is 1. The third-order valence-electron chi connectivity index (χ3n) is 2.50. The van der Waals surface area contributed by atoms with Gasteiger partial charge in [0.25, 0.3) is 0 Å². The van der Waals surface area contributed by atoms with Crippen LogP contribution in [0.2, 0.25) is 0 Å². The number of amides is 1. The largest absolute Gasteiger partial charge is 0.343 e. The van der Waals surface area contributed by atoms with Crippen molar-refractivity contribution in [3.63, 3.8) is 0 Å². The summed E-state index contributed by atoms with van der Waals surface area (Å²) in [5.74, 6) is 0.342. The highest BCUT2D eigenvalue weighted by molar-refractivity contribution is 7.90. The second-order valence-corrected chi connectivity index (χ2v) is 6.31. The van der Waals surface area contributed by atoms with Gasteiger partial charge in [-0.25, -0.2) is 8.42 Å². The van der Waals surface area contributed by atoms with Crippen molar-refractivity contribution in [1.82, 2.24) is 10.2 Å². The summed E-state index contributed by atoms with van der Waals surface area (Å²) in [5.41, 5.74) is 0. The zero-order valence-corrected chi connectivity index (χ0v) is 11.8. The van der Waals surface area contributed by atoms with Gasteiger partial charge in [-0.3, -0.25) is 4.79 Å². The number of carbonyl (C=O) groups excluding carboxylic acids is 1. The van der Waals surface area contributed by atoms with Crippen LogP contribution < -0.4 is 5.32 Å². The highest BCUT2D eigenvalue weighted by Crippen LogP contribution is 1.93. The van der Waals surface area contributed by atoms with E-state index in [2.05, 4.69) is 5.32 Å². The lowest BCUT2D eigenvalue weighted by atomic mass is 10.3. The van der Waals surface area contributed by atoms with Crippen LogP contribution in [0.25, 0.3) is 0 Å². The van der Waals surface area contributed by atoms with Crippen molar-refractivity contribution in [2.45, 2.75) is 26.7 Å². The third-order valence-corrected chi connectivity index (χ3v) is 3.53. The van der Waals surface area contributed by atoms with E-state index in [1.165, 1.54) is 6.26 Å². The van der Waals surface area contributed by atoms with Crippen LogP contribution in [0, 0.1) is 0 Å². The van der Waals surface area contributed by atoms with Crippen molar-refractivity contribution < 1.29 is 13.2 Å². The van der Waals surface area contributed by atoms with Gasteiger partial charge < -0.3 is 10.2 Å². The number of nitrogens with zero attached hydrogens (tertiary/aromatic N) is 1. The van der Waals surface area contributed by atoms with Crippen LogP contribution in [0.5, 0.6) is 0 Å². The molecule has 0 saturated carbocycles. The molecule has 0 aromatic rings. The van der Waals surface area contributed by atoms with E-state index in [4.69, 9.17) is 0 Å². The summed E-state index contributed by atoms with van der Waals surface area (Å²) in [6.45, 7) is 6.65. The molecule has 0 unspecified atom stereocenters. The molecule has 0 aromatic carbocycles. The fourth-order valence-corrected chi connectivity index (χ4v) is 2.18. The molecule has 0 aliphatic carbocycles. The van der Waals surface area contributed by atoms with Gasteiger partial charge in [0, 0.05) is 32.3 Å². The molecule has 17 heavy (non-hydrogen) atoms. The molecule has 0 heterocycles. The van der Waals surface area contributed by atoms with Crippen molar-refractivity contribution in [3.8, 4) is 0 Å². The first-order valence-electron chi connectivity index (χ1n) is 6.07. The Hall–Kier alpha value is -0.620. The normalized spacial score (nSPS) is 11.5. The quantitative estimate of drug-likeness (QED) is 0.607. The van der Waals surface area contributed by atoms with Crippen molar-refractivity contribution in [2.75, 3.05) is 38.2 Å². The zero-order chi connectivity index (χ0) is 13.3. The molecular weight excluding hydrogens is 240 g/mol. The number of rotatable bonds is 9. The second kappa shape index (κ2) is 8.47. The maximum absolute atomic E-state index is 11.6. The minimum Gasteiger partial charge on any atom is -0.343 e. The van der Waals surface area contributed by atoms with Crippen LogP contribution in [-0.4, -0.2) is 57.4 Å². The first-order chi connectivity index (χ1) is 7.90. The fourth-order valence-electron chi connectivity index (χ4n) is 1.51. The van der Waals surface area contributed by atoms with E-state index >= 15 is 0 Å². The number of nitrogens with one attached hydrogen (secondary N) is 1. The van der Waals surface area contributed by atoms with Crippen LogP contribution in [0.1, 0.15) is 26.7 Å². The summed E-state index contributed by atoms with van der Waals surface area (Å²) in [5, 5.41) is 3.08. The SMILES string of the molecule is CCN(CC)C(=O)CCNCCCS(C)(=O)=O. The molecule has 0 spiro atoms. The van der Waals surface area contributed by atoms with Crippen molar-refractivity contribution in [2.24, 2.45) is 0 Å². The summed E-state index contributed by atoms with van der Waals surface area (Å²) in [6, 6.07) is 0. The van der Waals surface area contributed by atoms with E-state index in [9.17, 15) is 13.2 Å². The molecule has 1 N–H and O–H groups in total. The summed E-state index contributed by atoms with van der Waals surface area (Å²) >= 11 is 0. The minimum absolute atomic E-state index is 0.144. The number of hydrogen-bond acceptors (Lipinski definition) is 4. The lowest BCUT2D eigenvalue weighted by Gasteiger charge is -2.18. The Morgan fingerprint density at radius 3 is 2.24 bits per heavy atom. The second-order valence-electron chi connectivity index (χ2n) is 4.05. The van der Waals surface area contributed by atoms with Crippen LogP contribution >= 0.6 is 0 Å². The summed E-state index contributed by atoms with van der Waals surface area (Å²) in [6.07, 6.45) is 2.30. The molecule has 102 valence electrons. The van der Waals surface area contributed by atoms with Crippen LogP contribution in [0.4, 0.5) is 0 Å². The molecule has 0 fully saturated rings. The Bertz CT molecular complexity index is 311. The third kappa shape index (κ3) is 9.12. The van der Waals surface area contributed by atoms with Crippen molar-refractivity contribution in [3.05, 3.63) is 0 Å². The lowest BCUT2D eigenvalue weighted by Crippen LogP contribution is -2.33. The van der Waals surface area contributed by atoms with Crippen LogP contribution in [0.3, 0.4) is 0 Å². The highest BCUT2D eigenvalue weighted by atomic mass is 32.2. The maximum atomic E-state index is 11.6. The van der Waals surface area contributed by atoms with Crippen molar-refractivity contribution >= 4 is 15.7 Å². The van der Waals surface area contributed by atoms with E-state index in [0.717, 1.165) is 13.1 Å². The Morgan fingerprint density at radius 2 is 1.76 bits per heavy atom. The van der Waals surface area contributed by atoms with Crippen molar-refractivity contribution in [1.29, 1.82) is 0 Å². The van der Waals surface area contributed by atoms with Gasteiger partial charge >= 0.3 is 0 Å². The summed E-state index contributed by atoms with van der Waals surface area (Å²) < 4.78 is 21.7. The molecule has 1 amide bonds. The predicted octanol–water partition coefficient (Wildman–Crippen LogP) is 0.269. The summed E-state index contributed by atoms with van der Waals surface area (Å²) in [7, 11) is -2.86. The Balaban J connectivity index is 3.55. The molecule has 0 radical (unpaired) electrons. The van der Waals surface area contributed by atoms with Gasteiger partial charge in [-0.15, -0.1) is 0 Å². The molecule has 0 aliphatic heterocycles. The molecule has 0 aliphatic rings. The first kappa shape index (κ1) is 16.4.